The lowest BCUT2D eigenvalue weighted by molar-refractivity contribution is -0.146. The first-order valence-electron chi connectivity index (χ1n) is 10.3. The molecule has 1 aliphatic carbocycles. The molecule has 162 valence electrons. The van der Waals surface area contributed by atoms with E-state index in [1.165, 1.54) is 19.4 Å². The molecule has 0 saturated heterocycles. The number of hydrogen-bond acceptors (Lipinski definition) is 5. The van der Waals surface area contributed by atoms with Gasteiger partial charge in [-0.3, -0.25) is 9.59 Å². The number of aliphatic hydroxyl groups excluding tert-OH is 1. The van der Waals surface area contributed by atoms with E-state index in [0.29, 0.717) is 12.8 Å². The summed E-state index contributed by atoms with van der Waals surface area (Å²) in [4.78, 5) is 23.1. The number of ether oxygens (including phenoxy) is 2. The Hall–Kier alpha value is -2.14. The lowest BCUT2D eigenvalue weighted by Gasteiger charge is -2.27. The molecule has 0 saturated carbocycles. The van der Waals surface area contributed by atoms with Gasteiger partial charge in [0.05, 0.1) is 6.10 Å². The molecule has 5 nitrogen and oxygen atoms in total. The summed E-state index contributed by atoms with van der Waals surface area (Å²) in [5.41, 5.74) is 3.80. The SMILES string of the molecule is C=C1CCC=C(C)CCC(C(=C)C)C(OC(C)=O)C=C(COC(C)=O)CCC1O. The lowest BCUT2D eigenvalue weighted by atomic mass is 9.86. The Labute approximate surface area is 175 Å². The van der Waals surface area contributed by atoms with Crippen LogP contribution in [-0.4, -0.2) is 35.9 Å². The minimum atomic E-state index is -0.628. The van der Waals surface area contributed by atoms with E-state index in [9.17, 15) is 14.7 Å². The molecule has 0 bridgehead atoms. The van der Waals surface area contributed by atoms with Crippen molar-refractivity contribution in [1.82, 2.24) is 0 Å². The Morgan fingerprint density at radius 2 is 1.83 bits per heavy atom. The van der Waals surface area contributed by atoms with Crippen LogP contribution in [0.3, 0.4) is 0 Å². The van der Waals surface area contributed by atoms with Gasteiger partial charge in [0.15, 0.2) is 0 Å². The standard InChI is InChI=1S/C24H36O5/c1-16(2)22-12-10-17(3)8-7-9-18(4)23(27)13-11-21(15-28-19(5)25)14-24(22)29-20(6)26/h8,14,22-24,27H,1,4,7,9-13,15H2,2-3,5-6H3. The van der Waals surface area contributed by atoms with Crippen LogP contribution in [0.25, 0.3) is 0 Å². The van der Waals surface area contributed by atoms with Crippen molar-refractivity contribution in [3.63, 3.8) is 0 Å². The largest absolute Gasteiger partial charge is 0.461 e. The Balaban J connectivity index is 3.26. The maximum absolute atomic E-state index is 11.8. The zero-order chi connectivity index (χ0) is 22.0. The van der Waals surface area contributed by atoms with E-state index >= 15 is 0 Å². The van der Waals surface area contributed by atoms with E-state index in [1.54, 1.807) is 0 Å². The van der Waals surface area contributed by atoms with E-state index in [0.717, 1.165) is 42.4 Å². The number of esters is 2. The smallest absolute Gasteiger partial charge is 0.303 e. The lowest BCUT2D eigenvalue weighted by Crippen LogP contribution is -2.26. The van der Waals surface area contributed by atoms with Crippen molar-refractivity contribution < 1.29 is 24.2 Å². The van der Waals surface area contributed by atoms with Crippen LogP contribution in [0.15, 0.2) is 47.6 Å². The summed E-state index contributed by atoms with van der Waals surface area (Å²) in [6.07, 6.45) is 7.15. The van der Waals surface area contributed by atoms with Gasteiger partial charge in [0, 0.05) is 19.8 Å². The average molecular weight is 405 g/mol. The molecule has 0 amide bonds. The first-order chi connectivity index (χ1) is 13.6. The molecule has 0 aromatic rings. The highest BCUT2D eigenvalue weighted by atomic mass is 16.5. The maximum Gasteiger partial charge on any atom is 0.303 e. The number of carbonyl (C=O) groups excluding carboxylic acids is 2. The summed E-state index contributed by atoms with van der Waals surface area (Å²) in [7, 11) is 0. The van der Waals surface area contributed by atoms with Crippen LogP contribution in [0.4, 0.5) is 0 Å². The monoisotopic (exact) mass is 404 g/mol. The molecular formula is C24H36O5. The van der Waals surface area contributed by atoms with E-state index in [1.807, 2.05) is 13.0 Å². The summed E-state index contributed by atoms with van der Waals surface area (Å²) in [6.45, 7) is 15.0. The summed E-state index contributed by atoms with van der Waals surface area (Å²) in [5.74, 6) is -0.792. The minimum Gasteiger partial charge on any atom is -0.461 e. The van der Waals surface area contributed by atoms with E-state index < -0.39 is 12.2 Å². The van der Waals surface area contributed by atoms with E-state index in [2.05, 4.69) is 26.2 Å². The van der Waals surface area contributed by atoms with Crippen LogP contribution in [-0.2, 0) is 19.1 Å². The Kier molecular flexibility index (Phi) is 10.7. The molecule has 1 rings (SSSR count). The molecule has 0 fully saturated rings. The third kappa shape index (κ3) is 9.75. The van der Waals surface area contributed by atoms with Gasteiger partial charge in [-0.05, 0) is 69.6 Å². The normalized spacial score (nSPS) is 24.6. The summed E-state index contributed by atoms with van der Waals surface area (Å²) >= 11 is 0. The fourth-order valence-electron chi connectivity index (χ4n) is 3.43. The maximum atomic E-state index is 11.8. The highest BCUT2D eigenvalue weighted by Gasteiger charge is 2.24. The number of carbonyl (C=O) groups is 2. The predicted molar refractivity (Wildman–Crippen MR) is 115 cm³/mol. The van der Waals surface area contributed by atoms with Crippen LogP contribution >= 0.6 is 0 Å². The molecule has 29 heavy (non-hydrogen) atoms. The van der Waals surface area contributed by atoms with E-state index in [-0.39, 0.29) is 24.5 Å². The van der Waals surface area contributed by atoms with Gasteiger partial charge >= 0.3 is 11.9 Å². The molecule has 0 aliphatic heterocycles. The first-order valence-corrected chi connectivity index (χ1v) is 10.3. The molecule has 3 atom stereocenters. The van der Waals surface area contributed by atoms with Gasteiger partial charge < -0.3 is 14.6 Å². The number of allylic oxidation sites excluding steroid dienone is 2. The molecule has 3 unspecified atom stereocenters. The second-order valence-electron chi connectivity index (χ2n) is 7.97. The molecule has 0 radical (unpaired) electrons. The van der Waals surface area contributed by atoms with Crippen molar-refractivity contribution in [3.8, 4) is 0 Å². The van der Waals surface area contributed by atoms with Crippen molar-refractivity contribution in [1.29, 1.82) is 0 Å². The third-order valence-corrected chi connectivity index (χ3v) is 5.21. The molecule has 0 aromatic carbocycles. The van der Waals surface area contributed by atoms with Gasteiger partial charge in [-0.2, -0.15) is 0 Å². The average Bonchev–Trinajstić information content (AvgIpc) is 2.61. The van der Waals surface area contributed by atoms with Gasteiger partial charge in [-0.1, -0.05) is 30.4 Å². The van der Waals surface area contributed by atoms with Crippen LogP contribution < -0.4 is 0 Å². The van der Waals surface area contributed by atoms with Gasteiger partial charge in [0.25, 0.3) is 0 Å². The molecule has 0 spiro atoms. The van der Waals surface area contributed by atoms with Crippen molar-refractivity contribution in [2.45, 2.75) is 78.4 Å². The molecular weight excluding hydrogens is 368 g/mol. The summed E-state index contributed by atoms with van der Waals surface area (Å²) < 4.78 is 10.8. The Morgan fingerprint density at radius 1 is 1.14 bits per heavy atom. The van der Waals surface area contributed by atoms with Crippen molar-refractivity contribution >= 4 is 11.9 Å². The van der Waals surface area contributed by atoms with Gasteiger partial charge in [-0.15, -0.1) is 0 Å². The van der Waals surface area contributed by atoms with Gasteiger partial charge in [0.1, 0.15) is 12.7 Å². The molecule has 1 aliphatic rings. The second kappa shape index (κ2) is 12.4. The highest BCUT2D eigenvalue weighted by molar-refractivity contribution is 5.66. The highest BCUT2D eigenvalue weighted by Crippen LogP contribution is 2.28. The second-order valence-corrected chi connectivity index (χ2v) is 7.97. The molecule has 5 heteroatoms. The first kappa shape index (κ1) is 24.9. The van der Waals surface area contributed by atoms with Crippen LogP contribution in [0.5, 0.6) is 0 Å². The minimum absolute atomic E-state index is 0.0441. The van der Waals surface area contributed by atoms with Gasteiger partial charge in [-0.25, -0.2) is 0 Å². The zero-order valence-electron chi connectivity index (χ0n) is 18.3. The predicted octanol–water partition coefficient (Wildman–Crippen LogP) is 4.82. The summed E-state index contributed by atoms with van der Waals surface area (Å²) in [5, 5.41) is 10.4. The van der Waals surface area contributed by atoms with E-state index in [4.69, 9.17) is 9.47 Å². The topological polar surface area (TPSA) is 72.8 Å². The van der Waals surface area contributed by atoms with Crippen LogP contribution in [0, 0.1) is 5.92 Å². The van der Waals surface area contributed by atoms with Crippen molar-refractivity contribution in [2.24, 2.45) is 5.92 Å². The van der Waals surface area contributed by atoms with Gasteiger partial charge in [0.2, 0.25) is 0 Å². The van der Waals surface area contributed by atoms with Crippen LogP contribution in [0.1, 0.15) is 66.2 Å². The molecule has 0 heterocycles. The number of aliphatic hydroxyl groups is 1. The number of hydrogen-bond donors (Lipinski definition) is 1. The Morgan fingerprint density at radius 3 is 2.41 bits per heavy atom. The Bertz CT molecular complexity index is 671. The molecule has 0 aromatic heterocycles. The number of rotatable bonds is 4. The van der Waals surface area contributed by atoms with Crippen molar-refractivity contribution in [3.05, 3.63) is 47.6 Å². The molecule has 1 N–H and O–H groups in total. The zero-order valence-corrected chi connectivity index (χ0v) is 18.3. The fraction of sp³-hybridized carbons (Fsp3) is 0.583. The van der Waals surface area contributed by atoms with Crippen molar-refractivity contribution in [2.75, 3.05) is 6.61 Å². The third-order valence-electron chi connectivity index (χ3n) is 5.21. The van der Waals surface area contributed by atoms with Crippen LogP contribution in [0.2, 0.25) is 0 Å². The summed E-state index contributed by atoms with van der Waals surface area (Å²) in [6, 6.07) is 0. The fourth-order valence-corrected chi connectivity index (χ4v) is 3.43. The quantitative estimate of drug-likeness (QED) is 0.537.